The van der Waals surface area contributed by atoms with E-state index in [1.807, 2.05) is 47.8 Å². The molecule has 2 N–H and O–H groups in total. The summed E-state index contributed by atoms with van der Waals surface area (Å²) in [5, 5.41) is 8.23. The van der Waals surface area contributed by atoms with Crippen LogP contribution in [0, 0.1) is 0 Å². The fraction of sp³-hybridized carbons (Fsp3) is 0.429. The van der Waals surface area contributed by atoms with Gasteiger partial charge >= 0.3 is 5.97 Å². The predicted molar refractivity (Wildman–Crippen MR) is 109 cm³/mol. The minimum absolute atomic E-state index is 0.179. The quantitative estimate of drug-likeness (QED) is 0.580. The van der Waals surface area contributed by atoms with Crippen molar-refractivity contribution < 1.29 is 14.3 Å². The number of amides is 1. The van der Waals surface area contributed by atoms with Crippen molar-refractivity contribution in [2.45, 2.75) is 51.2 Å². The van der Waals surface area contributed by atoms with Gasteiger partial charge in [0.1, 0.15) is 6.04 Å². The first-order valence-corrected chi connectivity index (χ1v) is 10.2. The first kappa shape index (κ1) is 21.1. The van der Waals surface area contributed by atoms with E-state index in [0.29, 0.717) is 19.4 Å². The lowest BCUT2D eigenvalue weighted by Crippen LogP contribution is -2.51. The Kier molecular flexibility index (Phi) is 9.01. The molecular weight excluding hydrogens is 360 g/mol. The molecule has 1 aromatic heterocycles. The average Bonchev–Trinajstić information content (AvgIpc) is 3.21. The van der Waals surface area contributed by atoms with Gasteiger partial charge in [-0.05, 0) is 29.9 Å². The summed E-state index contributed by atoms with van der Waals surface area (Å²) in [6, 6.07) is 12.9. The Morgan fingerprint density at radius 2 is 1.89 bits per heavy atom. The maximum absolute atomic E-state index is 12.9. The molecular formula is C21H28N2O3S. The van der Waals surface area contributed by atoms with Crippen LogP contribution in [0.25, 0.3) is 0 Å². The molecule has 0 saturated heterocycles. The van der Waals surface area contributed by atoms with Gasteiger partial charge in [0.2, 0.25) is 5.91 Å². The zero-order valence-corrected chi connectivity index (χ0v) is 16.8. The van der Waals surface area contributed by atoms with Gasteiger partial charge in [-0.15, -0.1) is 11.3 Å². The topological polar surface area (TPSA) is 67.4 Å². The fourth-order valence-corrected chi connectivity index (χ4v) is 3.47. The van der Waals surface area contributed by atoms with Gasteiger partial charge in [-0.1, -0.05) is 56.2 Å². The second-order valence-electron chi connectivity index (χ2n) is 6.43. The Bertz CT molecular complexity index is 689. The van der Waals surface area contributed by atoms with Gasteiger partial charge in [-0.2, -0.15) is 0 Å². The number of thiophene rings is 1. The highest BCUT2D eigenvalue weighted by Gasteiger charge is 2.26. The normalized spacial score (nSPS) is 13.0. The minimum atomic E-state index is -0.607. The van der Waals surface area contributed by atoms with Crippen LogP contribution in [0.3, 0.4) is 0 Å². The number of methoxy groups -OCH3 is 1. The molecule has 146 valence electrons. The molecule has 0 aliphatic carbocycles. The summed E-state index contributed by atoms with van der Waals surface area (Å²) < 4.78 is 4.85. The smallest absolute Gasteiger partial charge is 0.328 e. The van der Waals surface area contributed by atoms with Crippen molar-refractivity contribution in [3.05, 3.63) is 58.3 Å². The van der Waals surface area contributed by atoms with E-state index in [4.69, 9.17) is 4.74 Å². The maximum atomic E-state index is 12.9. The van der Waals surface area contributed by atoms with E-state index in [2.05, 4.69) is 17.6 Å². The predicted octanol–water partition coefficient (Wildman–Crippen LogP) is 3.30. The Labute approximate surface area is 165 Å². The highest BCUT2D eigenvalue weighted by Crippen LogP contribution is 2.10. The van der Waals surface area contributed by atoms with E-state index >= 15 is 0 Å². The highest BCUT2D eigenvalue weighted by molar-refractivity contribution is 7.09. The molecule has 1 aromatic carbocycles. The van der Waals surface area contributed by atoms with Gasteiger partial charge in [-0.25, -0.2) is 4.79 Å². The second kappa shape index (κ2) is 11.5. The third kappa shape index (κ3) is 7.15. The number of nitrogens with one attached hydrogen (secondary N) is 2. The largest absolute Gasteiger partial charge is 0.467 e. The van der Waals surface area contributed by atoms with Crippen molar-refractivity contribution in [1.82, 2.24) is 10.6 Å². The van der Waals surface area contributed by atoms with Crippen LogP contribution < -0.4 is 10.6 Å². The molecule has 1 heterocycles. The van der Waals surface area contributed by atoms with E-state index in [-0.39, 0.29) is 5.91 Å². The van der Waals surface area contributed by atoms with Crippen molar-refractivity contribution in [3.63, 3.8) is 0 Å². The molecule has 0 radical (unpaired) electrons. The van der Waals surface area contributed by atoms with Crippen molar-refractivity contribution in [2.75, 3.05) is 7.11 Å². The van der Waals surface area contributed by atoms with Gasteiger partial charge in [0, 0.05) is 11.4 Å². The van der Waals surface area contributed by atoms with Gasteiger partial charge in [0.25, 0.3) is 0 Å². The monoisotopic (exact) mass is 388 g/mol. The summed E-state index contributed by atoms with van der Waals surface area (Å²) in [6.45, 7) is 2.66. The number of ether oxygens (including phenoxy) is 1. The van der Waals surface area contributed by atoms with Crippen LogP contribution in [-0.4, -0.2) is 31.1 Å². The van der Waals surface area contributed by atoms with Crippen molar-refractivity contribution in [2.24, 2.45) is 0 Å². The molecule has 0 bridgehead atoms. The minimum Gasteiger partial charge on any atom is -0.467 e. The van der Waals surface area contributed by atoms with Crippen molar-refractivity contribution >= 4 is 23.2 Å². The summed E-state index contributed by atoms with van der Waals surface area (Å²) in [5.41, 5.74) is 1.07. The first-order chi connectivity index (χ1) is 13.1. The number of unbranched alkanes of at least 4 members (excludes halogenated alkanes) is 1. The number of esters is 1. The molecule has 2 rings (SSSR count). The van der Waals surface area contributed by atoms with Gasteiger partial charge in [-0.3, -0.25) is 4.79 Å². The molecule has 0 aliphatic heterocycles. The zero-order chi connectivity index (χ0) is 19.5. The van der Waals surface area contributed by atoms with Gasteiger partial charge < -0.3 is 15.4 Å². The summed E-state index contributed by atoms with van der Waals surface area (Å²) in [4.78, 5) is 26.1. The number of carbonyl (C=O) groups is 2. The maximum Gasteiger partial charge on any atom is 0.328 e. The third-order valence-corrected chi connectivity index (χ3v) is 5.23. The summed E-state index contributed by atoms with van der Waals surface area (Å²) >= 11 is 1.65. The standard InChI is InChI=1S/C21H28N2O3S/c1-3-4-12-18(21(25)26-2)23-20(24)19(14-16-9-6-5-7-10-16)22-15-17-11-8-13-27-17/h5-11,13,18-19,22H,3-4,12,14-15H2,1-2H3,(H,23,24)/t18-,19-/m0/s1. The lowest BCUT2D eigenvalue weighted by Gasteiger charge is -2.22. The van der Waals surface area contributed by atoms with Crippen LogP contribution in [0.4, 0.5) is 0 Å². The summed E-state index contributed by atoms with van der Waals surface area (Å²) in [5.74, 6) is -0.574. The van der Waals surface area contributed by atoms with E-state index in [1.54, 1.807) is 11.3 Å². The lowest BCUT2D eigenvalue weighted by atomic mass is 10.0. The number of hydrogen-bond donors (Lipinski definition) is 2. The first-order valence-electron chi connectivity index (χ1n) is 9.32. The Hall–Kier alpha value is -2.18. The van der Waals surface area contributed by atoms with E-state index in [9.17, 15) is 9.59 Å². The van der Waals surface area contributed by atoms with Crippen molar-refractivity contribution in [3.8, 4) is 0 Å². The van der Waals surface area contributed by atoms with Crippen LogP contribution in [-0.2, 0) is 27.3 Å². The molecule has 5 nitrogen and oxygen atoms in total. The Morgan fingerprint density at radius 1 is 1.11 bits per heavy atom. The van der Waals surface area contributed by atoms with Crippen LogP contribution in [0.15, 0.2) is 47.8 Å². The number of carbonyl (C=O) groups excluding carboxylic acids is 2. The van der Waals surface area contributed by atoms with Gasteiger partial charge in [0.15, 0.2) is 0 Å². The molecule has 2 aromatic rings. The van der Waals surface area contributed by atoms with Crippen LogP contribution in [0.1, 0.15) is 36.6 Å². The van der Waals surface area contributed by atoms with E-state index < -0.39 is 18.1 Å². The lowest BCUT2D eigenvalue weighted by molar-refractivity contribution is -0.145. The number of hydrogen-bond acceptors (Lipinski definition) is 5. The van der Waals surface area contributed by atoms with Crippen LogP contribution in [0.2, 0.25) is 0 Å². The molecule has 0 spiro atoms. The highest BCUT2D eigenvalue weighted by atomic mass is 32.1. The summed E-state index contributed by atoms with van der Waals surface area (Å²) in [7, 11) is 1.35. The van der Waals surface area contributed by atoms with E-state index in [0.717, 1.165) is 23.3 Å². The Balaban J connectivity index is 2.06. The SMILES string of the molecule is CCCC[C@H](NC(=O)[C@H](Cc1ccccc1)NCc1cccs1)C(=O)OC. The fourth-order valence-electron chi connectivity index (χ4n) is 2.82. The Morgan fingerprint density at radius 3 is 2.52 bits per heavy atom. The van der Waals surface area contributed by atoms with E-state index in [1.165, 1.54) is 7.11 Å². The molecule has 2 atom stereocenters. The molecule has 1 amide bonds. The molecule has 6 heteroatoms. The molecule has 0 aliphatic rings. The average molecular weight is 389 g/mol. The molecule has 0 unspecified atom stereocenters. The molecule has 27 heavy (non-hydrogen) atoms. The summed E-state index contributed by atoms with van der Waals surface area (Å²) in [6.07, 6.45) is 2.94. The van der Waals surface area contributed by atoms with Gasteiger partial charge in [0.05, 0.1) is 13.2 Å². The molecule has 0 fully saturated rings. The third-order valence-electron chi connectivity index (χ3n) is 4.35. The number of benzene rings is 1. The molecule has 0 saturated carbocycles. The zero-order valence-electron chi connectivity index (χ0n) is 15.9. The second-order valence-corrected chi connectivity index (χ2v) is 7.46. The van der Waals surface area contributed by atoms with Crippen LogP contribution in [0.5, 0.6) is 0 Å². The van der Waals surface area contributed by atoms with Crippen LogP contribution >= 0.6 is 11.3 Å². The number of rotatable bonds is 11. The van der Waals surface area contributed by atoms with Crippen molar-refractivity contribution in [1.29, 1.82) is 0 Å².